The predicted octanol–water partition coefficient (Wildman–Crippen LogP) is 0.510. The first kappa shape index (κ1) is 18.0. The fourth-order valence-electron chi connectivity index (χ4n) is 2.25. The Morgan fingerprint density at radius 1 is 1.46 bits per heavy atom. The van der Waals surface area contributed by atoms with Crippen molar-refractivity contribution in [2.75, 3.05) is 25.6 Å². The number of ether oxygens (including phenoxy) is 2. The van der Waals surface area contributed by atoms with Crippen LogP contribution in [-0.2, 0) is 19.6 Å². The van der Waals surface area contributed by atoms with E-state index in [1.54, 1.807) is 13.8 Å². The monoisotopic (exact) mass is 358 g/mol. The van der Waals surface area contributed by atoms with Crippen LogP contribution in [0.15, 0.2) is 17.0 Å². The van der Waals surface area contributed by atoms with Crippen LogP contribution in [0.2, 0.25) is 0 Å². The van der Waals surface area contributed by atoms with Crippen LogP contribution < -0.4 is 14.8 Å². The number of benzene rings is 1. The fraction of sp³-hybridized carbons (Fsp3) is 0.429. The molecule has 0 saturated heterocycles. The number of methoxy groups -OCH3 is 1. The molecule has 0 radical (unpaired) electrons. The van der Waals surface area contributed by atoms with Crippen molar-refractivity contribution in [3.8, 4) is 11.5 Å². The van der Waals surface area contributed by atoms with Gasteiger partial charge in [0, 0.05) is 18.2 Å². The average molecular weight is 358 g/mol. The second-order valence-electron chi connectivity index (χ2n) is 5.37. The third-order valence-corrected chi connectivity index (χ3v) is 5.40. The zero-order chi connectivity index (χ0) is 18.1. The van der Waals surface area contributed by atoms with Crippen LogP contribution in [0.1, 0.15) is 13.8 Å². The van der Waals surface area contributed by atoms with Crippen LogP contribution in [0.3, 0.4) is 0 Å². The van der Waals surface area contributed by atoms with E-state index in [4.69, 9.17) is 14.6 Å². The number of rotatable bonds is 6. The van der Waals surface area contributed by atoms with Crippen LogP contribution >= 0.6 is 0 Å². The molecule has 1 heterocycles. The van der Waals surface area contributed by atoms with E-state index < -0.39 is 28.6 Å². The summed E-state index contributed by atoms with van der Waals surface area (Å²) < 4.78 is 36.9. The smallest absolute Gasteiger partial charge is 0.318 e. The summed E-state index contributed by atoms with van der Waals surface area (Å²) in [5, 5.41) is 11.5. The van der Waals surface area contributed by atoms with Gasteiger partial charge in [-0.3, -0.25) is 9.59 Å². The van der Waals surface area contributed by atoms with Crippen LogP contribution in [0.4, 0.5) is 5.69 Å². The molecule has 132 valence electrons. The number of carboxylic acid groups (broad SMARTS) is 1. The lowest BCUT2D eigenvalue weighted by atomic mass is 10.2. The molecule has 0 aliphatic carbocycles. The number of nitrogens with one attached hydrogen (secondary N) is 1. The number of sulfonamides is 1. The van der Waals surface area contributed by atoms with Crippen LogP contribution in [-0.4, -0.2) is 56.0 Å². The molecule has 1 aromatic rings. The Labute approximate surface area is 139 Å². The van der Waals surface area contributed by atoms with E-state index in [9.17, 15) is 18.0 Å². The molecule has 1 amide bonds. The Kier molecular flexibility index (Phi) is 4.99. The second-order valence-corrected chi connectivity index (χ2v) is 7.23. The highest BCUT2D eigenvalue weighted by Gasteiger charge is 2.33. The lowest BCUT2D eigenvalue weighted by molar-refractivity contribution is -0.137. The summed E-state index contributed by atoms with van der Waals surface area (Å²) in [5.74, 6) is -1.48. The molecule has 24 heavy (non-hydrogen) atoms. The number of fused-ring (bicyclic) bond motifs is 1. The maximum Gasteiger partial charge on any atom is 0.318 e. The summed E-state index contributed by atoms with van der Waals surface area (Å²) in [6.45, 7) is 2.23. The molecular weight excluding hydrogens is 340 g/mol. The number of amides is 1. The lowest BCUT2D eigenvalue weighted by Crippen LogP contribution is -2.40. The van der Waals surface area contributed by atoms with E-state index in [1.165, 1.54) is 19.2 Å². The molecule has 0 atom stereocenters. The van der Waals surface area contributed by atoms with Gasteiger partial charge >= 0.3 is 5.97 Å². The van der Waals surface area contributed by atoms with E-state index in [0.717, 1.165) is 4.31 Å². The molecule has 1 aliphatic heterocycles. The first-order valence-electron chi connectivity index (χ1n) is 7.05. The molecule has 0 bridgehead atoms. The van der Waals surface area contributed by atoms with Gasteiger partial charge in [0.05, 0.1) is 12.8 Å². The maximum absolute atomic E-state index is 12.9. The predicted molar refractivity (Wildman–Crippen MR) is 83.8 cm³/mol. The van der Waals surface area contributed by atoms with Crippen LogP contribution in [0, 0.1) is 0 Å². The topological polar surface area (TPSA) is 122 Å². The van der Waals surface area contributed by atoms with E-state index in [-0.39, 0.29) is 34.6 Å². The number of nitrogens with zero attached hydrogens (tertiary/aromatic N) is 1. The quantitative estimate of drug-likeness (QED) is 0.759. The number of carboxylic acids is 1. The summed E-state index contributed by atoms with van der Waals surface area (Å²) in [5.41, 5.74) is 0.288. The van der Waals surface area contributed by atoms with Gasteiger partial charge in [0.2, 0.25) is 10.0 Å². The van der Waals surface area contributed by atoms with Gasteiger partial charge in [0.1, 0.15) is 22.9 Å². The van der Waals surface area contributed by atoms with Crippen molar-refractivity contribution in [2.45, 2.75) is 24.8 Å². The van der Waals surface area contributed by atoms with Crippen molar-refractivity contribution >= 4 is 27.6 Å². The maximum atomic E-state index is 12.9. The molecule has 0 spiro atoms. The number of anilines is 1. The highest BCUT2D eigenvalue weighted by molar-refractivity contribution is 7.89. The van der Waals surface area contributed by atoms with Gasteiger partial charge in [-0.2, -0.15) is 4.31 Å². The Morgan fingerprint density at radius 2 is 2.12 bits per heavy atom. The third-order valence-electron chi connectivity index (χ3n) is 3.35. The van der Waals surface area contributed by atoms with E-state index >= 15 is 0 Å². The largest absolute Gasteiger partial charge is 0.495 e. The summed E-state index contributed by atoms with van der Waals surface area (Å²) in [6.07, 6.45) is 0. The van der Waals surface area contributed by atoms with Crippen LogP contribution in [0.5, 0.6) is 11.5 Å². The minimum absolute atomic E-state index is 0.0180. The molecule has 0 saturated carbocycles. The zero-order valence-electron chi connectivity index (χ0n) is 13.4. The van der Waals surface area contributed by atoms with Crippen LogP contribution in [0.25, 0.3) is 0 Å². The van der Waals surface area contributed by atoms with E-state index in [0.29, 0.717) is 0 Å². The number of carbonyl (C=O) groups excluding carboxylic acids is 1. The fourth-order valence-corrected chi connectivity index (χ4v) is 3.99. The first-order chi connectivity index (χ1) is 11.2. The van der Waals surface area contributed by atoms with Crippen molar-refractivity contribution in [1.29, 1.82) is 0 Å². The molecule has 2 N–H and O–H groups in total. The number of hydrogen-bond acceptors (Lipinski definition) is 6. The lowest BCUT2D eigenvalue weighted by Gasteiger charge is -2.26. The molecule has 0 aromatic heterocycles. The standard InChI is InChI=1S/C14H18N2O7S/c1-8(2)16(6-14(18)19)24(20,21)12-5-10-9(4-11(12)22-3)15-13(17)7-23-10/h4-5,8H,6-7H2,1-3H3,(H,15,17)(H,18,19). The normalized spacial score (nSPS) is 14.1. The van der Waals surface area contributed by atoms with Gasteiger partial charge in [0.25, 0.3) is 5.91 Å². The van der Waals surface area contributed by atoms with Crippen molar-refractivity contribution < 1.29 is 32.6 Å². The summed E-state index contributed by atoms with van der Waals surface area (Å²) >= 11 is 0. The van der Waals surface area contributed by atoms with Gasteiger partial charge in [-0.25, -0.2) is 8.42 Å². The molecule has 0 fully saturated rings. The molecular formula is C14H18N2O7S. The van der Waals surface area contributed by atoms with Crippen molar-refractivity contribution in [3.05, 3.63) is 12.1 Å². The minimum Gasteiger partial charge on any atom is -0.495 e. The SMILES string of the molecule is COc1cc2c(cc1S(=O)(=O)N(CC(=O)O)C(C)C)OCC(=O)N2. The van der Waals surface area contributed by atoms with Crippen molar-refractivity contribution in [2.24, 2.45) is 0 Å². The Bertz CT molecular complexity index is 774. The average Bonchev–Trinajstić information content (AvgIpc) is 2.50. The summed E-state index contributed by atoms with van der Waals surface area (Å²) in [4.78, 5) is 22.1. The minimum atomic E-state index is -4.15. The van der Waals surface area contributed by atoms with Crippen molar-refractivity contribution in [3.63, 3.8) is 0 Å². The molecule has 9 nitrogen and oxygen atoms in total. The molecule has 1 aromatic carbocycles. The molecule has 2 rings (SSSR count). The van der Waals surface area contributed by atoms with E-state index in [1.807, 2.05) is 0 Å². The van der Waals surface area contributed by atoms with Gasteiger partial charge in [-0.05, 0) is 13.8 Å². The number of carbonyl (C=O) groups is 2. The van der Waals surface area contributed by atoms with Gasteiger partial charge in [-0.15, -0.1) is 0 Å². The van der Waals surface area contributed by atoms with Gasteiger partial charge in [-0.1, -0.05) is 0 Å². The zero-order valence-corrected chi connectivity index (χ0v) is 14.2. The molecule has 1 aliphatic rings. The Balaban J connectivity index is 2.56. The number of aliphatic carboxylic acids is 1. The molecule has 10 heteroatoms. The van der Waals surface area contributed by atoms with Gasteiger partial charge in [0.15, 0.2) is 6.61 Å². The van der Waals surface area contributed by atoms with Gasteiger partial charge < -0.3 is 19.9 Å². The first-order valence-corrected chi connectivity index (χ1v) is 8.49. The molecule has 0 unspecified atom stereocenters. The highest BCUT2D eigenvalue weighted by Crippen LogP contribution is 2.38. The third kappa shape index (κ3) is 3.44. The Hall–Kier alpha value is -2.33. The summed E-state index contributed by atoms with van der Waals surface area (Å²) in [6, 6.07) is 1.98. The Morgan fingerprint density at radius 3 is 2.67 bits per heavy atom. The second kappa shape index (κ2) is 6.65. The summed E-state index contributed by atoms with van der Waals surface area (Å²) in [7, 11) is -2.87. The van der Waals surface area contributed by atoms with Crippen molar-refractivity contribution in [1.82, 2.24) is 4.31 Å². The number of hydrogen-bond donors (Lipinski definition) is 2. The van der Waals surface area contributed by atoms with E-state index in [2.05, 4.69) is 5.32 Å². The highest BCUT2D eigenvalue weighted by atomic mass is 32.2.